The van der Waals surface area contributed by atoms with Crippen LogP contribution in [0.25, 0.3) is 0 Å². The molecule has 0 saturated heterocycles. The van der Waals surface area contributed by atoms with Crippen LogP contribution in [0.3, 0.4) is 0 Å². The van der Waals surface area contributed by atoms with E-state index in [1.807, 2.05) is 6.07 Å². The van der Waals surface area contributed by atoms with Gasteiger partial charge in [0.1, 0.15) is 5.75 Å². The summed E-state index contributed by atoms with van der Waals surface area (Å²) in [6.07, 6.45) is 2.15. The first-order chi connectivity index (χ1) is 8.83. The fourth-order valence-electron chi connectivity index (χ4n) is 2.51. The van der Waals surface area contributed by atoms with Crippen molar-refractivity contribution < 1.29 is 4.74 Å². The smallest absolute Gasteiger partial charge is 0.122 e. The van der Waals surface area contributed by atoms with Crippen LogP contribution in [0.1, 0.15) is 23.5 Å². The molecule has 2 aromatic carbocycles. The Morgan fingerprint density at radius 1 is 1.00 bits per heavy atom. The Morgan fingerprint density at radius 2 is 1.78 bits per heavy atom. The molecule has 1 aliphatic rings. The van der Waals surface area contributed by atoms with Crippen LogP contribution in [-0.4, -0.2) is 6.61 Å². The zero-order valence-corrected chi connectivity index (χ0v) is 11.7. The van der Waals surface area contributed by atoms with Crippen molar-refractivity contribution in [2.75, 3.05) is 6.61 Å². The van der Waals surface area contributed by atoms with Gasteiger partial charge in [-0.3, -0.25) is 0 Å². The van der Waals surface area contributed by atoms with E-state index >= 15 is 0 Å². The van der Waals surface area contributed by atoms with E-state index in [9.17, 15) is 0 Å². The predicted molar refractivity (Wildman–Crippen MR) is 77.1 cm³/mol. The first-order valence-electron chi connectivity index (χ1n) is 6.29. The zero-order chi connectivity index (χ0) is 12.4. The third-order valence-corrected chi connectivity index (χ3v) is 4.03. The summed E-state index contributed by atoms with van der Waals surface area (Å²) in [6, 6.07) is 17.0. The molecule has 2 heteroatoms. The molecule has 1 atom stereocenters. The number of benzene rings is 2. The largest absolute Gasteiger partial charge is 0.493 e. The molecule has 0 bridgehead atoms. The van der Waals surface area contributed by atoms with Crippen LogP contribution in [0.2, 0.25) is 0 Å². The van der Waals surface area contributed by atoms with E-state index in [1.165, 1.54) is 11.1 Å². The maximum absolute atomic E-state index is 5.81. The summed E-state index contributed by atoms with van der Waals surface area (Å²) < 4.78 is 6.95. The summed E-state index contributed by atoms with van der Waals surface area (Å²) in [7, 11) is 0. The van der Waals surface area contributed by atoms with Crippen molar-refractivity contribution in [1.29, 1.82) is 0 Å². The molecular formula is C16H15BrO. The summed E-state index contributed by atoms with van der Waals surface area (Å²) in [5.74, 6) is 1.61. The normalized spacial score (nSPS) is 18.6. The Balaban J connectivity index is 1.89. The molecule has 18 heavy (non-hydrogen) atoms. The average Bonchev–Trinajstić information content (AvgIpc) is 2.61. The fourth-order valence-corrected chi connectivity index (χ4v) is 2.78. The number of fused-ring (bicyclic) bond motifs is 1. The Labute approximate surface area is 116 Å². The maximum atomic E-state index is 5.81. The Kier molecular flexibility index (Phi) is 3.37. The minimum absolute atomic E-state index is 0.557. The van der Waals surface area contributed by atoms with Gasteiger partial charge in [0.05, 0.1) is 6.61 Å². The first-order valence-corrected chi connectivity index (χ1v) is 7.08. The molecule has 1 heterocycles. The highest BCUT2D eigenvalue weighted by Gasteiger charge is 2.18. The molecule has 0 aromatic heterocycles. The third kappa shape index (κ3) is 2.44. The van der Waals surface area contributed by atoms with E-state index in [2.05, 4.69) is 58.4 Å². The Bertz CT molecular complexity index is 533. The average molecular weight is 303 g/mol. The molecule has 0 unspecified atom stereocenters. The molecule has 3 rings (SSSR count). The van der Waals surface area contributed by atoms with Crippen molar-refractivity contribution >= 4 is 15.9 Å². The highest BCUT2D eigenvalue weighted by Crippen LogP contribution is 2.32. The minimum Gasteiger partial charge on any atom is -0.493 e. The Morgan fingerprint density at radius 3 is 2.61 bits per heavy atom. The van der Waals surface area contributed by atoms with Crippen LogP contribution in [0.5, 0.6) is 5.75 Å². The number of para-hydroxylation sites is 1. The highest BCUT2D eigenvalue weighted by molar-refractivity contribution is 9.10. The molecule has 0 fully saturated rings. The second kappa shape index (κ2) is 5.15. The molecule has 0 amide bonds. The molecule has 0 spiro atoms. The molecule has 1 nitrogen and oxygen atoms in total. The van der Waals surface area contributed by atoms with E-state index in [0.29, 0.717) is 5.92 Å². The van der Waals surface area contributed by atoms with Gasteiger partial charge in [-0.15, -0.1) is 0 Å². The van der Waals surface area contributed by atoms with Crippen LogP contribution in [-0.2, 0) is 6.42 Å². The van der Waals surface area contributed by atoms with Crippen LogP contribution in [0.4, 0.5) is 0 Å². The van der Waals surface area contributed by atoms with Gasteiger partial charge in [0, 0.05) is 4.47 Å². The Hall–Kier alpha value is -1.28. The number of ether oxygens (including phenoxy) is 1. The fraction of sp³-hybridized carbons (Fsp3) is 0.250. The topological polar surface area (TPSA) is 9.23 Å². The lowest BCUT2D eigenvalue weighted by atomic mass is 9.90. The zero-order valence-electron chi connectivity index (χ0n) is 10.1. The van der Waals surface area contributed by atoms with Crippen molar-refractivity contribution in [2.24, 2.45) is 0 Å². The summed E-state index contributed by atoms with van der Waals surface area (Å²) in [5.41, 5.74) is 2.72. The first kappa shape index (κ1) is 11.8. The lowest BCUT2D eigenvalue weighted by Crippen LogP contribution is -2.03. The van der Waals surface area contributed by atoms with Gasteiger partial charge >= 0.3 is 0 Å². The second-order valence-corrected chi connectivity index (χ2v) is 5.61. The number of rotatable bonds is 1. The molecule has 0 N–H and O–H groups in total. The van der Waals surface area contributed by atoms with Crippen LogP contribution < -0.4 is 4.74 Å². The quantitative estimate of drug-likeness (QED) is 0.750. The SMILES string of the molecule is Brc1ccc([C@H]2CCOc3ccccc3C2)cc1. The monoisotopic (exact) mass is 302 g/mol. The van der Waals surface area contributed by atoms with E-state index in [-0.39, 0.29) is 0 Å². The van der Waals surface area contributed by atoms with Crippen molar-refractivity contribution in [2.45, 2.75) is 18.8 Å². The van der Waals surface area contributed by atoms with Gasteiger partial charge in [0.25, 0.3) is 0 Å². The number of hydrogen-bond donors (Lipinski definition) is 0. The van der Waals surface area contributed by atoms with Gasteiger partial charge in [0.2, 0.25) is 0 Å². The summed E-state index contributed by atoms with van der Waals surface area (Å²) in [6.45, 7) is 0.803. The van der Waals surface area contributed by atoms with Gasteiger partial charge < -0.3 is 4.74 Å². The standard InChI is InChI=1S/C16H15BrO/c17-15-7-5-12(6-8-15)13-9-10-18-16-4-2-1-3-14(16)11-13/h1-8,13H,9-11H2/t13-/m0/s1. The molecule has 92 valence electrons. The molecule has 0 saturated carbocycles. The summed E-state index contributed by atoms with van der Waals surface area (Å²) >= 11 is 3.49. The van der Waals surface area contributed by atoms with Gasteiger partial charge in [-0.1, -0.05) is 46.3 Å². The summed E-state index contributed by atoms with van der Waals surface area (Å²) in [4.78, 5) is 0. The van der Waals surface area contributed by atoms with Gasteiger partial charge in [-0.05, 0) is 48.1 Å². The molecule has 0 aliphatic carbocycles. The molecule has 1 aliphatic heterocycles. The van der Waals surface area contributed by atoms with E-state index in [0.717, 1.165) is 29.7 Å². The highest BCUT2D eigenvalue weighted by atomic mass is 79.9. The minimum atomic E-state index is 0.557. The second-order valence-electron chi connectivity index (χ2n) is 4.70. The van der Waals surface area contributed by atoms with Gasteiger partial charge in [-0.2, -0.15) is 0 Å². The van der Waals surface area contributed by atoms with Crippen LogP contribution in [0, 0.1) is 0 Å². The third-order valence-electron chi connectivity index (χ3n) is 3.50. The number of halogens is 1. The van der Waals surface area contributed by atoms with E-state index < -0.39 is 0 Å². The summed E-state index contributed by atoms with van der Waals surface area (Å²) in [5, 5.41) is 0. The van der Waals surface area contributed by atoms with Crippen LogP contribution >= 0.6 is 15.9 Å². The van der Waals surface area contributed by atoms with Crippen LogP contribution in [0.15, 0.2) is 53.0 Å². The van der Waals surface area contributed by atoms with Crippen molar-refractivity contribution in [1.82, 2.24) is 0 Å². The van der Waals surface area contributed by atoms with Crippen molar-refractivity contribution in [3.63, 3.8) is 0 Å². The maximum Gasteiger partial charge on any atom is 0.122 e. The number of hydrogen-bond acceptors (Lipinski definition) is 1. The van der Waals surface area contributed by atoms with Crippen molar-refractivity contribution in [3.8, 4) is 5.75 Å². The van der Waals surface area contributed by atoms with E-state index in [1.54, 1.807) is 0 Å². The molecular weight excluding hydrogens is 288 g/mol. The van der Waals surface area contributed by atoms with E-state index in [4.69, 9.17) is 4.74 Å². The van der Waals surface area contributed by atoms with Gasteiger partial charge in [-0.25, -0.2) is 0 Å². The lowest BCUT2D eigenvalue weighted by Gasteiger charge is -2.14. The lowest BCUT2D eigenvalue weighted by molar-refractivity contribution is 0.310. The van der Waals surface area contributed by atoms with Gasteiger partial charge in [0.15, 0.2) is 0 Å². The molecule has 2 aromatic rings. The molecule has 0 radical (unpaired) electrons. The van der Waals surface area contributed by atoms with Crippen molar-refractivity contribution in [3.05, 3.63) is 64.1 Å². The predicted octanol–water partition coefficient (Wildman–Crippen LogP) is 4.56.